The molecule has 0 aliphatic heterocycles. The van der Waals surface area contributed by atoms with Crippen molar-refractivity contribution in [2.24, 2.45) is 0 Å². The van der Waals surface area contributed by atoms with E-state index >= 15 is 0 Å². The summed E-state index contributed by atoms with van der Waals surface area (Å²) >= 11 is 0. The molecule has 5 aromatic rings. The Kier molecular flexibility index (Phi) is 6.39. The van der Waals surface area contributed by atoms with Crippen LogP contribution in [0.2, 0.25) is 0 Å². The molecule has 0 saturated carbocycles. The Morgan fingerprint density at radius 2 is 1.80 bits per heavy atom. The number of nitrogens with zero attached hydrogens (tertiary/aromatic N) is 3. The van der Waals surface area contributed by atoms with E-state index in [1.54, 1.807) is 29.1 Å². The molecule has 0 aliphatic rings. The highest BCUT2D eigenvalue weighted by molar-refractivity contribution is 5.89. The van der Waals surface area contributed by atoms with Gasteiger partial charge < -0.3 is 10.3 Å². The summed E-state index contributed by atoms with van der Waals surface area (Å²) in [6, 6.07) is 19.9. The third kappa shape index (κ3) is 4.45. The number of fused-ring (bicyclic) bond motifs is 2. The van der Waals surface area contributed by atoms with Gasteiger partial charge in [-0.05, 0) is 48.4 Å². The number of aromatic amines is 1. The number of pyridine rings is 1. The lowest BCUT2D eigenvalue weighted by Crippen LogP contribution is -2.39. The number of nitrogens with one attached hydrogen (secondary N) is 2. The van der Waals surface area contributed by atoms with Gasteiger partial charge in [0.2, 0.25) is 5.91 Å². The fourth-order valence-electron chi connectivity index (χ4n) is 4.43. The number of carbonyl (C=O) groups excluding carboxylic acids is 1. The zero-order valence-electron chi connectivity index (χ0n) is 19.6. The Labute approximate surface area is 202 Å². The van der Waals surface area contributed by atoms with Crippen LogP contribution in [-0.2, 0) is 4.79 Å². The topological polar surface area (TPSA) is 92.7 Å². The van der Waals surface area contributed by atoms with Crippen LogP contribution in [0.1, 0.15) is 37.8 Å². The highest BCUT2D eigenvalue weighted by Crippen LogP contribution is 2.26. The Balaban J connectivity index is 1.71. The summed E-state index contributed by atoms with van der Waals surface area (Å²) in [7, 11) is 0. The van der Waals surface area contributed by atoms with Crippen LogP contribution in [0.5, 0.6) is 0 Å². The first kappa shape index (κ1) is 22.5. The number of H-pyrrole nitrogens is 1. The number of benzene rings is 2. The first-order valence-electron chi connectivity index (χ1n) is 11.9. The first-order chi connectivity index (χ1) is 17.2. The lowest BCUT2D eigenvalue weighted by molar-refractivity contribution is -0.123. The van der Waals surface area contributed by atoms with Crippen LogP contribution in [0, 0.1) is 0 Å². The van der Waals surface area contributed by atoms with E-state index in [-0.39, 0.29) is 17.2 Å². The van der Waals surface area contributed by atoms with E-state index in [4.69, 9.17) is 4.98 Å². The normalized spacial score (nSPS) is 12.1. The quantitative estimate of drug-likeness (QED) is 0.321. The standard InChI is InChI=1S/C28H27N5O2/c1-2-3-8-15-30-27(34)26(19-13-16-29-17-14-19)33-24-12-7-6-11-22(24)32-25(28(33)35)23-18-20-9-4-5-10-21(20)31-23/h4-7,9-14,16-18,26,31H,2-3,8,15H2,1H3,(H,30,34). The van der Waals surface area contributed by atoms with Crippen molar-refractivity contribution in [1.29, 1.82) is 0 Å². The zero-order valence-corrected chi connectivity index (χ0v) is 19.6. The number of hydrogen-bond donors (Lipinski definition) is 2. The van der Waals surface area contributed by atoms with E-state index in [1.165, 1.54) is 0 Å². The average Bonchev–Trinajstić information content (AvgIpc) is 3.32. The number of amides is 1. The molecule has 3 aromatic heterocycles. The molecule has 7 nitrogen and oxygen atoms in total. The molecule has 0 spiro atoms. The second kappa shape index (κ2) is 9.93. The number of hydrogen-bond acceptors (Lipinski definition) is 4. The summed E-state index contributed by atoms with van der Waals surface area (Å²) in [6.07, 6.45) is 6.26. The number of unbranched alkanes of at least 4 members (excludes halogenated alkanes) is 2. The Morgan fingerprint density at radius 3 is 2.60 bits per heavy atom. The molecule has 1 unspecified atom stereocenters. The molecule has 1 amide bonds. The monoisotopic (exact) mass is 465 g/mol. The summed E-state index contributed by atoms with van der Waals surface area (Å²) in [5.41, 5.74) is 3.41. The van der Waals surface area contributed by atoms with Crippen molar-refractivity contribution in [2.75, 3.05) is 6.54 Å². The molecule has 5 rings (SSSR count). The predicted octanol–water partition coefficient (Wildman–Crippen LogP) is 4.84. The van der Waals surface area contributed by atoms with Crippen molar-refractivity contribution >= 4 is 27.8 Å². The predicted molar refractivity (Wildman–Crippen MR) is 138 cm³/mol. The van der Waals surface area contributed by atoms with Crippen molar-refractivity contribution in [1.82, 2.24) is 24.8 Å². The van der Waals surface area contributed by atoms with Gasteiger partial charge in [-0.25, -0.2) is 4.98 Å². The van der Waals surface area contributed by atoms with Crippen molar-refractivity contribution in [3.05, 3.63) is 95.0 Å². The van der Waals surface area contributed by atoms with E-state index in [2.05, 4.69) is 22.2 Å². The summed E-state index contributed by atoms with van der Waals surface area (Å²) < 4.78 is 1.56. The maximum Gasteiger partial charge on any atom is 0.280 e. The van der Waals surface area contributed by atoms with E-state index in [0.717, 1.165) is 30.2 Å². The maximum atomic E-state index is 14.0. The molecule has 0 radical (unpaired) electrons. The molecule has 3 heterocycles. The van der Waals surface area contributed by atoms with Crippen molar-refractivity contribution in [3.8, 4) is 11.4 Å². The van der Waals surface area contributed by atoms with Crippen molar-refractivity contribution < 1.29 is 4.79 Å². The van der Waals surface area contributed by atoms with Crippen LogP contribution in [-0.4, -0.2) is 32.0 Å². The van der Waals surface area contributed by atoms with Gasteiger partial charge in [0.1, 0.15) is 6.04 Å². The Morgan fingerprint density at radius 1 is 1.03 bits per heavy atom. The van der Waals surface area contributed by atoms with Gasteiger partial charge in [-0.1, -0.05) is 50.1 Å². The van der Waals surface area contributed by atoms with Gasteiger partial charge in [0.25, 0.3) is 5.56 Å². The smallest absolute Gasteiger partial charge is 0.280 e. The zero-order chi connectivity index (χ0) is 24.2. The van der Waals surface area contributed by atoms with Crippen molar-refractivity contribution in [2.45, 2.75) is 32.2 Å². The highest BCUT2D eigenvalue weighted by Gasteiger charge is 2.27. The molecule has 0 saturated heterocycles. The van der Waals surface area contributed by atoms with Crippen LogP contribution in [0.15, 0.2) is 83.9 Å². The van der Waals surface area contributed by atoms with Gasteiger partial charge in [-0.2, -0.15) is 0 Å². The van der Waals surface area contributed by atoms with Crippen LogP contribution in [0.25, 0.3) is 33.3 Å². The summed E-state index contributed by atoms with van der Waals surface area (Å²) in [5.74, 6) is -0.228. The summed E-state index contributed by atoms with van der Waals surface area (Å²) in [5, 5.41) is 4.03. The number of carbonyl (C=O) groups is 1. The summed E-state index contributed by atoms with van der Waals surface area (Å²) in [6.45, 7) is 2.68. The fraction of sp³-hybridized carbons (Fsp3) is 0.214. The van der Waals surface area contributed by atoms with E-state index < -0.39 is 6.04 Å². The Hall–Kier alpha value is -4.26. The second-order valence-electron chi connectivity index (χ2n) is 8.58. The Bertz CT molecular complexity index is 1500. The van der Waals surface area contributed by atoms with Gasteiger partial charge >= 0.3 is 0 Å². The van der Waals surface area contributed by atoms with E-state index in [0.29, 0.717) is 28.8 Å². The lowest BCUT2D eigenvalue weighted by atomic mass is 10.1. The minimum atomic E-state index is -0.858. The molecule has 35 heavy (non-hydrogen) atoms. The van der Waals surface area contributed by atoms with E-state index in [1.807, 2.05) is 54.6 Å². The molecule has 1 atom stereocenters. The molecular formula is C28H27N5O2. The van der Waals surface area contributed by atoms with E-state index in [9.17, 15) is 9.59 Å². The molecule has 7 heteroatoms. The van der Waals surface area contributed by atoms with Crippen LogP contribution in [0.4, 0.5) is 0 Å². The molecule has 0 fully saturated rings. The minimum Gasteiger partial charge on any atom is -0.354 e. The number of aromatic nitrogens is 4. The van der Waals surface area contributed by atoms with Crippen LogP contribution in [0.3, 0.4) is 0 Å². The van der Waals surface area contributed by atoms with Crippen LogP contribution < -0.4 is 10.9 Å². The second-order valence-corrected chi connectivity index (χ2v) is 8.58. The third-order valence-electron chi connectivity index (χ3n) is 6.19. The number of rotatable bonds is 8. The average molecular weight is 466 g/mol. The van der Waals surface area contributed by atoms with Crippen LogP contribution >= 0.6 is 0 Å². The highest BCUT2D eigenvalue weighted by atomic mass is 16.2. The first-order valence-corrected chi connectivity index (χ1v) is 11.9. The summed E-state index contributed by atoms with van der Waals surface area (Å²) in [4.78, 5) is 39.7. The minimum absolute atomic E-state index is 0.228. The third-order valence-corrected chi connectivity index (χ3v) is 6.19. The SMILES string of the molecule is CCCCCNC(=O)C(c1ccncc1)n1c(=O)c(-c2cc3ccccc3[nH]2)nc2ccccc21. The molecule has 176 valence electrons. The van der Waals surface area contributed by atoms with Gasteiger partial charge in [-0.15, -0.1) is 0 Å². The van der Waals surface area contributed by atoms with Gasteiger partial charge in [0.05, 0.1) is 16.7 Å². The maximum absolute atomic E-state index is 14.0. The molecule has 0 bridgehead atoms. The largest absolute Gasteiger partial charge is 0.354 e. The van der Waals surface area contributed by atoms with Gasteiger partial charge in [0, 0.05) is 29.8 Å². The lowest BCUT2D eigenvalue weighted by Gasteiger charge is -2.22. The van der Waals surface area contributed by atoms with Gasteiger partial charge in [0.15, 0.2) is 5.69 Å². The number of para-hydroxylation sites is 3. The molecule has 0 aliphatic carbocycles. The molecule has 2 N–H and O–H groups in total. The molecular weight excluding hydrogens is 438 g/mol. The van der Waals surface area contributed by atoms with Gasteiger partial charge in [-0.3, -0.25) is 19.1 Å². The fourth-order valence-corrected chi connectivity index (χ4v) is 4.43. The van der Waals surface area contributed by atoms with Crippen molar-refractivity contribution in [3.63, 3.8) is 0 Å². The molecule has 2 aromatic carbocycles.